The lowest BCUT2D eigenvalue weighted by Gasteiger charge is -2.30. The Labute approximate surface area is 160 Å². The van der Waals surface area contributed by atoms with Crippen molar-refractivity contribution in [3.8, 4) is 0 Å². The van der Waals surface area contributed by atoms with Crippen LogP contribution in [0.1, 0.15) is 42.1 Å². The number of piperidine rings is 1. The molecule has 1 aromatic rings. The summed E-state index contributed by atoms with van der Waals surface area (Å²) in [5.74, 6) is 0.600. The highest BCUT2D eigenvalue weighted by Gasteiger charge is 2.28. The fourth-order valence-corrected chi connectivity index (χ4v) is 3.47. The second-order valence-corrected chi connectivity index (χ2v) is 7.34. The van der Waals surface area contributed by atoms with Gasteiger partial charge in [-0.2, -0.15) is 0 Å². The SMILES string of the molecule is Cc1cc(C(=O)N2CCC(C)CC2)ccc1NC(=O)C1CC(O)CN1.Cl. The van der Waals surface area contributed by atoms with Crippen LogP contribution in [0, 0.1) is 12.8 Å². The summed E-state index contributed by atoms with van der Waals surface area (Å²) in [6.07, 6.45) is 2.07. The summed E-state index contributed by atoms with van der Waals surface area (Å²) < 4.78 is 0. The van der Waals surface area contributed by atoms with Gasteiger partial charge in [0.15, 0.2) is 0 Å². The summed E-state index contributed by atoms with van der Waals surface area (Å²) in [4.78, 5) is 26.8. The van der Waals surface area contributed by atoms with Crippen LogP contribution in [0.3, 0.4) is 0 Å². The second-order valence-electron chi connectivity index (χ2n) is 7.34. The molecule has 2 fully saturated rings. The molecule has 1 aromatic carbocycles. The predicted octanol–water partition coefficient (Wildman–Crippen LogP) is 1.95. The molecule has 3 rings (SSSR count). The lowest BCUT2D eigenvalue weighted by Crippen LogP contribution is -2.38. The van der Waals surface area contributed by atoms with Gasteiger partial charge in [-0.15, -0.1) is 12.4 Å². The number of likely N-dealkylation sites (tertiary alicyclic amines) is 1. The monoisotopic (exact) mass is 381 g/mol. The normalized spacial score (nSPS) is 23.4. The number of rotatable bonds is 3. The number of benzene rings is 1. The first-order valence-corrected chi connectivity index (χ1v) is 9.06. The van der Waals surface area contributed by atoms with E-state index in [2.05, 4.69) is 17.6 Å². The molecule has 2 aliphatic rings. The van der Waals surface area contributed by atoms with Gasteiger partial charge >= 0.3 is 0 Å². The Balaban J connectivity index is 0.00000243. The van der Waals surface area contributed by atoms with Gasteiger partial charge in [-0.05, 0) is 55.9 Å². The van der Waals surface area contributed by atoms with Crippen molar-refractivity contribution in [1.29, 1.82) is 0 Å². The molecule has 0 spiro atoms. The number of carbonyl (C=O) groups is 2. The highest BCUT2D eigenvalue weighted by atomic mass is 35.5. The maximum absolute atomic E-state index is 12.6. The zero-order valence-electron chi connectivity index (χ0n) is 15.3. The lowest BCUT2D eigenvalue weighted by molar-refractivity contribution is -0.117. The van der Waals surface area contributed by atoms with Gasteiger partial charge in [-0.25, -0.2) is 0 Å². The van der Waals surface area contributed by atoms with E-state index < -0.39 is 6.10 Å². The number of aliphatic hydroxyl groups excluding tert-OH is 1. The number of halogens is 1. The van der Waals surface area contributed by atoms with Crippen LogP contribution >= 0.6 is 12.4 Å². The van der Waals surface area contributed by atoms with Crippen molar-refractivity contribution in [3.05, 3.63) is 29.3 Å². The molecule has 3 N–H and O–H groups in total. The summed E-state index contributed by atoms with van der Waals surface area (Å²) in [5.41, 5.74) is 2.24. The first kappa shape index (κ1) is 20.7. The number of nitrogens with one attached hydrogen (secondary N) is 2. The molecular weight excluding hydrogens is 354 g/mol. The minimum atomic E-state index is -0.468. The summed E-state index contributed by atoms with van der Waals surface area (Å²) in [5, 5.41) is 15.4. The van der Waals surface area contributed by atoms with Crippen LogP contribution < -0.4 is 10.6 Å². The molecular formula is C19H28ClN3O3. The van der Waals surface area contributed by atoms with Gasteiger partial charge in [0, 0.05) is 30.9 Å². The quantitative estimate of drug-likeness (QED) is 0.747. The van der Waals surface area contributed by atoms with E-state index in [1.54, 1.807) is 12.1 Å². The number of hydrogen-bond donors (Lipinski definition) is 3. The number of carbonyl (C=O) groups excluding carboxylic acids is 2. The Hall–Kier alpha value is -1.63. The highest BCUT2D eigenvalue weighted by Crippen LogP contribution is 2.22. The van der Waals surface area contributed by atoms with E-state index in [4.69, 9.17) is 0 Å². The Kier molecular flexibility index (Phi) is 7.03. The molecule has 2 amide bonds. The summed E-state index contributed by atoms with van der Waals surface area (Å²) in [6, 6.07) is 5.04. The fourth-order valence-electron chi connectivity index (χ4n) is 3.47. The number of aryl methyl sites for hydroxylation is 1. The van der Waals surface area contributed by atoms with Crippen LogP contribution in [0.15, 0.2) is 18.2 Å². The van der Waals surface area contributed by atoms with Crippen LogP contribution in [-0.2, 0) is 4.79 Å². The number of nitrogens with zero attached hydrogens (tertiary/aromatic N) is 1. The number of aliphatic hydroxyl groups is 1. The molecule has 0 aliphatic carbocycles. The molecule has 144 valence electrons. The largest absolute Gasteiger partial charge is 0.392 e. The van der Waals surface area contributed by atoms with E-state index >= 15 is 0 Å². The van der Waals surface area contributed by atoms with Gasteiger partial charge in [-0.3, -0.25) is 9.59 Å². The third-order valence-corrected chi connectivity index (χ3v) is 5.23. The Morgan fingerprint density at radius 1 is 1.27 bits per heavy atom. The van der Waals surface area contributed by atoms with E-state index in [0.29, 0.717) is 30.1 Å². The molecule has 2 heterocycles. The molecule has 0 saturated carbocycles. The van der Waals surface area contributed by atoms with Crippen LogP contribution in [0.4, 0.5) is 5.69 Å². The third-order valence-electron chi connectivity index (χ3n) is 5.23. The number of β-amino-alcohol motifs (C(OH)–C–C–N with tert-alkyl or cyclic N) is 1. The lowest BCUT2D eigenvalue weighted by atomic mass is 9.98. The first-order chi connectivity index (χ1) is 11.9. The zero-order valence-corrected chi connectivity index (χ0v) is 16.1. The highest BCUT2D eigenvalue weighted by molar-refractivity contribution is 5.98. The molecule has 0 radical (unpaired) electrons. The number of amides is 2. The maximum atomic E-state index is 12.6. The average Bonchev–Trinajstić information content (AvgIpc) is 3.03. The van der Waals surface area contributed by atoms with Crippen molar-refractivity contribution in [3.63, 3.8) is 0 Å². The maximum Gasteiger partial charge on any atom is 0.253 e. The third kappa shape index (κ3) is 4.75. The van der Waals surface area contributed by atoms with Crippen molar-refractivity contribution in [2.45, 2.75) is 45.3 Å². The topological polar surface area (TPSA) is 81.7 Å². The minimum Gasteiger partial charge on any atom is -0.392 e. The summed E-state index contributed by atoms with van der Waals surface area (Å²) in [6.45, 7) is 6.18. The molecule has 26 heavy (non-hydrogen) atoms. The van der Waals surface area contributed by atoms with E-state index in [0.717, 1.165) is 31.5 Å². The van der Waals surface area contributed by atoms with Crippen molar-refractivity contribution < 1.29 is 14.7 Å². The van der Waals surface area contributed by atoms with Crippen LogP contribution in [0.25, 0.3) is 0 Å². The first-order valence-electron chi connectivity index (χ1n) is 9.06. The van der Waals surface area contributed by atoms with Crippen LogP contribution in [-0.4, -0.2) is 53.6 Å². The number of anilines is 1. The summed E-state index contributed by atoms with van der Waals surface area (Å²) >= 11 is 0. The van der Waals surface area contributed by atoms with Gasteiger partial charge in [0.05, 0.1) is 12.1 Å². The molecule has 6 nitrogen and oxygen atoms in total. The number of hydrogen-bond acceptors (Lipinski definition) is 4. The molecule has 0 bridgehead atoms. The van der Waals surface area contributed by atoms with Crippen molar-refractivity contribution in [2.24, 2.45) is 5.92 Å². The molecule has 7 heteroatoms. The molecule has 2 unspecified atom stereocenters. The molecule has 0 aromatic heterocycles. The Morgan fingerprint density at radius 2 is 1.96 bits per heavy atom. The van der Waals surface area contributed by atoms with Crippen molar-refractivity contribution in [2.75, 3.05) is 25.0 Å². The van der Waals surface area contributed by atoms with Gasteiger partial charge in [0.25, 0.3) is 5.91 Å². The standard InChI is InChI=1S/C19H27N3O3.ClH/c1-12-5-7-22(8-6-12)19(25)14-3-4-16(13(2)9-14)21-18(24)17-10-15(23)11-20-17;/h3-4,9,12,15,17,20,23H,5-8,10-11H2,1-2H3,(H,21,24);1H. The molecule has 2 atom stereocenters. The fraction of sp³-hybridized carbons (Fsp3) is 0.579. The van der Waals surface area contributed by atoms with Crippen LogP contribution in [0.2, 0.25) is 0 Å². The van der Waals surface area contributed by atoms with E-state index in [1.807, 2.05) is 17.9 Å². The average molecular weight is 382 g/mol. The van der Waals surface area contributed by atoms with Gasteiger partial charge in [-0.1, -0.05) is 6.92 Å². The second kappa shape index (κ2) is 8.84. The van der Waals surface area contributed by atoms with Gasteiger partial charge in [0.1, 0.15) is 0 Å². The summed E-state index contributed by atoms with van der Waals surface area (Å²) in [7, 11) is 0. The smallest absolute Gasteiger partial charge is 0.253 e. The molecule has 2 aliphatic heterocycles. The van der Waals surface area contributed by atoms with Crippen LogP contribution in [0.5, 0.6) is 0 Å². The Morgan fingerprint density at radius 3 is 2.54 bits per heavy atom. The van der Waals surface area contributed by atoms with E-state index in [1.165, 1.54) is 0 Å². The van der Waals surface area contributed by atoms with E-state index in [9.17, 15) is 14.7 Å². The van der Waals surface area contributed by atoms with Crippen molar-refractivity contribution in [1.82, 2.24) is 10.2 Å². The van der Waals surface area contributed by atoms with Crippen molar-refractivity contribution >= 4 is 29.9 Å². The molecule has 2 saturated heterocycles. The predicted molar refractivity (Wildman–Crippen MR) is 104 cm³/mol. The van der Waals surface area contributed by atoms with Gasteiger partial charge < -0.3 is 20.6 Å². The van der Waals surface area contributed by atoms with E-state index in [-0.39, 0.29) is 30.3 Å². The Bertz CT molecular complexity index is 659. The van der Waals surface area contributed by atoms with Gasteiger partial charge in [0.2, 0.25) is 5.91 Å². The zero-order chi connectivity index (χ0) is 18.0. The minimum absolute atomic E-state index is 0.